The van der Waals surface area contributed by atoms with E-state index in [1.165, 1.54) is 0 Å². The Labute approximate surface area is 173 Å². The van der Waals surface area contributed by atoms with Gasteiger partial charge in [-0.2, -0.15) is 0 Å². The topological polar surface area (TPSA) is 52.8 Å². The van der Waals surface area contributed by atoms with E-state index >= 15 is 0 Å². The summed E-state index contributed by atoms with van der Waals surface area (Å²) in [6.07, 6.45) is 1.66. The molecule has 2 N–H and O–H groups in total. The van der Waals surface area contributed by atoms with Crippen molar-refractivity contribution in [2.75, 3.05) is 0 Å². The van der Waals surface area contributed by atoms with Gasteiger partial charge in [-0.05, 0) is 35.1 Å². The average molecular weight is 388 g/mol. The average Bonchev–Trinajstić information content (AvgIpc) is 2.72. The molecule has 0 aromatic heterocycles. The minimum atomic E-state index is -1.28. The number of para-hydroxylation sites is 1. The number of aromatic hydroxyl groups is 1. The molecule has 0 amide bonds. The molecule has 0 bridgehead atoms. The summed E-state index contributed by atoms with van der Waals surface area (Å²) in [4.78, 5) is 4.67. The minimum absolute atomic E-state index is 0.172. The first-order chi connectivity index (χ1) is 13.7. The van der Waals surface area contributed by atoms with Crippen molar-refractivity contribution in [3.8, 4) is 5.75 Å². The fourth-order valence-electron chi connectivity index (χ4n) is 3.60. The summed E-state index contributed by atoms with van der Waals surface area (Å²) in [6, 6.07) is 24.4. The van der Waals surface area contributed by atoms with Crippen LogP contribution < -0.4 is 0 Å². The molecule has 0 aliphatic carbocycles. The van der Waals surface area contributed by atoms with Gasteiger partial charge in [-0.3, -0.25) is 4.99 Å². The second kappa shape index (κ2) is 8.22. The maximum Gasteiger partial charge on any atom is 0.137 e. The van der Waals surface area contributed by atoms with Crippen molar-refractivity contribution < 1.29 is 10.2 Å². The smallest absolute Gasteiger partial charge is 0.137 e. The fourth-order valence-corrected chi connectivity index (χ4v) is 3.60. The van der Waals surface area contributed by atoms with Crippen molar-refractivity contribution in [3.05, 3.63) is 101 Å². The van der Waals surface area contributed by atoms with E-state index in [2.05, 4.69) is 25.8 Å². The Hall–Kier alpha value is -2.91. The number of nitrogens with zero attached hydrogens (tertiary/aromatic N) is 1. The lowest BCUT2D eigenvalue weighted by Gasteiger charge is -2.33. The van der Waals surface area contributed by atoms with Gasteiger partial charge in [0, 0.05) is 11.8 Å². The first kappa shape index (κ1) is 20.8. The predicted octanol–water partition coefficient (Wildman–Crippen LogP) is 5.43. The van der Waals surface area contributed by atoms with Crippen molar-refractivity contribution >= 4 is 6.21 Å². The second-order valence-electron chi connectivity index (χ2n) is 8.45. The Morgan fingerprint density at radius 1 is 0.793 bits per heavy atom. The number of phenolic OH excluding ortho intramolecular Hbond substituents is 1. The summed E-state index contributed by atoms with van der Waals surface area (Å²) < 4.78 is 0. The monoisotopic (exact) mass is 387 g/mol. The molecule has 3 rings (SSSR count). The molecule has 3 nitrogen and oxygen atoms in total. The van der Waals surface area contributed by atoms with Crippen LogP contribution in [-0.2, 0) is 11.0 Å². The molecular formula is C26H29NO2. The number of hydrogen-bond donors (Lipinski definition) is 2. The normalized spacial score (nSPS) is 13.6. The summed E-state index contributed by atoms with van der Waals surface area (Å²) in [7, 11) is 0. The van der Waals surface area contributed by atoms with Crippen molar-refractivity contribution in [1.29, 1.82) is 0 Å². The van der Waals surface area contributed by atoms with Gasteiger partial charge in [0.2, 0.25) is 0 Å². The van der Waals surface area contributed by atoms with Crippen LogP contribution in [0, 0.1) is 0 Å². The second-order valence-corrected chi connectivity index (χ2v) is 8.45. The van der Waals surface area contributed by atoms with E-state index in [1.54, 1.807) is 6.21 Å². The molecule has 3 aromatic carbocycles. The molecule has 0 spiro atoms. The molecule has 29 heavy (non-hydrogen) atoms. The lowest BCUT2D eigenvalue weighted by Crippen LogP contribution is -2.38. The van der Waals surface area contributed by atoms with Crippen LogP contribution in [0.15, 0.2) is 83.9 Å². The fraction of sp³-hybridized carbons (Fsp3) is 0.269. The Bertz CT molecular complexity index is 933. The number of aliphatic hydroxyl groups is 1. The molecular weight excluding hydrogens is 358 g/mol. The molecule has 1 atom stereocenters. The lowest BCUT2D eigenvalue weighted by molar-refractivity contribution is 0.0589. The highest BCUT2D eigenvalue weighted by atomic mass is 16.3. The quantitative estimate of drug-likeness (QED) is 0.573. The van der Waals surface area contributed by atoms with E-state index in [0.717, 1.165) is 16.7 Å². The van der Waals surface area contributed by atoms with Crippen LogP contribution in [0.2, 0.25) is 0 Å². The van der Waals surface area contributed by atoms with Gasteiger partial charge in [0.25, 0.3) is 0 Å². The summed E-state index contributed by atoms with van der Waals surface area (Å²) in [5.41, 5.74) is 1.63. The molecule has 0 radical (unpaired) electrons. The van der Waals surface area contributed by atoms with Gasteiger partial charge in [0.05, 0.1) is 6.04 Å². The largest absolute Gasteiger partial charge is 0.507 e. The van der Waals surface area contributed by atoms with Crippen molar-refractivity contribution in [3.63, 3.8) is 0 Å². The molecule has 3 aromatic rings. The Balaban J connectivity index is 2.02. The van der Waals surface area contributed by atoms with Crippen LogP contribution in [-0.4, -0.2) is 22.5 Å². The van der Waals surface area contributed by atoms with E-state index in [0.29, 0.717) is 5.56 Å². The Kier molecular flexibility index (Phi) is 5.90. The summed E-state index contributed by atoms with van der Waals surface area (Å²) >= 11 is 0. The van der Waals surface area contributed by atoms with E-state index < -0.39 is 11.6 Å². The highest BCUT2D eigenvalue weighted by Crippen LogP contribution is 2.35. The third-order valence-electron chi connectivity index (χ3n) is 5.34. The maximum atomic E-state index is 11.8. The molecule has 0 aliphatic rings. The Morgan fingerprint density at radius 3 is 1.79 bits per heavy atom. The van der Waals surface area contributed by atoms with Gasteiger partial charge in [0.15, 0.2) is 0 Å². The molecule has 0 fully saturated rings. The van der Waals surface area contributed by atoms with E-state index in [1.807, 2.05) is 85.8 Å². The highest BCUT2D eigenvalue weighted by molar-refractivity contribution is 5.84. The third kappa shape index (κ3) is 4.25. The van der Waals surface area contributed by atoms with Crippen molar-refractivity contribution in [2.24, 2.45) is 4.99 Å². The van der Waals surface area contributed by atoms with Crippen molar-refractivity contribution in [1.82, 2.24) is 0 Å². The van der Waals surface area contributed by atoms with E-state index in [9.17, 15) is 10.2 Å². The molecule has 0 aliphatic heterocycles. The predicted molar refractivity (Wildman–Crippen MR) is 120 cm³/mol. The molecule has 150 valence electrons. The number of phenols is 1. The number of rotatable bonds is 5. The van der Waals surface area contributed by atoms with Gasteiger partial charge in [0.1, 0.15) is 11.4 Å². The number of aliphatic imine (C=N–C) groups is 1. The van der Waals surface area contributed by atoms with Crippen LogP contribution in [0.5, 0.6) is 5.75 Å². The zero-order valence-electron chi connectivity index (χ0n) is 17.5. The van der Waals surface area contributed by atoms with E-state index in [-0.39, 0.29) is 11.2 Å². The van der Waals surface area contributed by atoms with Crippen LogP contribution in [0.4, 0.5) is 0 Å². The zero-order valence-corrected chi connectivity index (χ0v) is 17.5. The van der Waals surface area contributed by atoms with Gasteiger partial charge >= 0.3 is 0 Å². The molecule has 0 saturated heterocycles. The molecule has 0 saturated carbocycles. The lowest BCUT2D eigenvalue weighted by atomic mass is 9.81. The Morgan fingerprint density at radius 2 is 1.31 bits per heavy atom. The minimum Gasteiger partial charge on any atom is -0.507 e. The molecule has 3 heteroatoms. The first-order valence-electron chi connectivity index (χ1n) is 9.93. The third-order valence-corrected chi connectivity index (χ3v) is 5.34. The number of hydrogen-bond acceptors (Lipinski definition) is 3. The molecule has 0 heterocycles. The van der Waals surface area contributed by atoms with Crippen LogP contribution >= 0.6 is 0 Å². The van der Waals surface area contributed by atoms with Gasteiger partial charge in [-0.15, -0.1) is 0 Å². The standard InChI is InChI=1S/C26H29NO2/c1-19(27-18-20-12-11-17-23(24(20)28)25(2,3)4)26(29,21-13-7-5-8-14-21)22-15-9-6-10-16-22/h5-19,28-29H,1-4H3/t19-/m1/s1. The summed E-state index contributed by atoms with van der Waals surface area (Å²) in [5, 5.41) is 22.5. The zero-order chi connectivity index (χ0) is 21.1. The summed E-state index contributed by atoms with van der Waals surface area (Å²) in [5.74, 6) is 0.235. The maximum absolute atomic E-state index is 11.8. The van der Waals surface area contributed by atoms with Gasteiger partial charge in [-0.1, -0.05) is 93.6 Å². The first-order valence-corrected chi connectivity index (χ1v) is 9.93. The van der Waals surface area contributed by atoms with Crippen LogP contribution in [0.25, 0.3) is 0 Å². The number of benzene rings is 3. The molecule has 0 unspecified atom stereocenters. The van der Waals surface area contributed by atoms with E-state index in [4.69, 9.17) is 0 Å². The van der Waals surface area contributed by atoms with Crippen molar-refractivity contribution in [2.45, 2.75) is 44.8 Å². The van der Waals surface area contributed by atoms with Gasteiger partial charge < -0.3 is 10.2 Å². The van der Waals surface area contributed by atoms with Crippen LogP contribution in [0.3, 0.4) is 0 Å². The SMILES string of the molecule is C[C@@H](N=Cc1cccc(C(C)(C)C)c1O)C(O)(c1ccccc1)c1ccccc1. The van der Waals surface area contributed by atoms with Gasteiger partial charge in [-0.25, -0.2) is 0 Å². The summed E-state index contributed by atoms with van der Waals surface area (Å²) in [6.45, 7) is 8.08. The highest BCUT2D eigenvalue weighted by Gasteiger charge is 2.37. The van der Waals surface area contributed by atoms with Crippen LogP contribution in [0.1, 0.15) is 49.9 Å².